The van der Waals surface area contributed by atoms with Crippen LogP contribution in [0.25, 0.3) is 11.4 Å². The largest absolute Gasteiger partial charge is 0.344 e. The lowest BCUT2D eigenvalue weighted by Crippen LogP contribution is -2.24. The Labute approximate surface area is 135 Å². The van der Waals surface area contributed by atoms with Gasteiger partial charge in [-0.3, -0.25) is 4.79 Å². The number of rotatable bonds is 4. The summed E-state index contributed by atoms with van der Waals surface area (Å²) in [4.78, 5) is 18.4. The van der Waals surface area contributed by atoms with Crippen molar-refractivity contribution in [1.29, 1.82) is 0 Å². The summed E-state index contributed by atoms with van der Waals surface area (Å²) in [5.74, 6) is 0.727. The van der Waals surface area contributed by atoms with E-state index in [0.717, 1.165) is 18.5 Å². The molecule has 1 aliphatic rings. The molecule has 2 aromatic rings. The van der Waals surface area contributed by atoms with E-state index >= 15 is 0 Å². The topological polar surface area (TPSA) is 84.3 Å². The first-order chi connectivity index (χ1) is 10.9. The van der Waals surface area contributed by atoms with Crippen molar-refractivity contribution in [2.24, 2.45) is 0 Å². The van der Waals surface area contributed by atoms with Crippen LogP contribution in [0.5, 0.6) is 0 Å². The van der Waals surface area contributed by atoms with Gasteiger partial charge >= 0.3 is 0 Å². The Morgan fingerprint density at radius 2 is 1.96 bits per heavy atom. The van der Waals surface area contributed by atoms with E-state index in [0.29, 0.717) is 5.82 Å². The normalized spacial score (nSPS) is 18.6. The third kappa shape index (κ3) is 2.75. The van der Waals surface area contributed by atoms with Crippen molar-refractivity contribution in [1.82, 2.24) is 19.2 Å². The molecular formula is C15H18N4O3S. The van der Waals surface area contributed by atoms with Gasteiger partial charge in [-0.05, 0) is 37.7 Å². The van der Waals surface area contributed by atoms with Crippen molar-refractivity contribution in [2.45, 2.75) is 17.4 Å². The van der Waals surface area contributed by atoms with E-state index in [2.05, 4.69) is 9.71 Å². The number of likely N-dealkylation sites (N-methyl/N-ethyl adjacent to an activating group) is 1. The summed E-state index contributed by atoms with van der Waals surface area (Å²) >= 11 is 0. The molecule has 1 atom stereocenters. The van der Waals surface area contributed by atoms with Gasteiger partial charge < -0.3 is 9.47 Å². The first-order valence-electron chi connectivity index (χ1n) is 7.26. The number of benzene rings is 1. The molecule has 23 heavy (non-hydrogen) atoms. The molecule has 0 radical (unpaired) electrons. The van der Waals surface area contributed by atoms with E-state index in [1.807, 2.05) is 4.57 Å². The van der Waals surface area contributed by atoms with Crippen molar-refractivity contribution in [3.05, 3.63) is 36.7 Å². The fourth-order valence-electron chi connectivity index (χ4n) is 2.75. The molecular weight excluding hydrogens is 316 g/mol. The van der Waals surface area contributed by atoms with Gasteiger partial charge in [-0.2, -0.15) is 0 Å². The van der Waals surface area contributed by atoms with Crippen molar-refractivity contribution in [2.75, 3.05) is 20.6 Å². The van der Waals surface area contributed by atoms with E-state index in [4.69, 9.17) is 0 Å². The predicted molar refractivity (Wildman–Crippen MR) is 85.2 cm³/mol. The van der Waals surface area contributed by atoms with Crippen LogP contribution >= 0.6 is 0 Å². The standard InChI is InChI=1S/C15H18N4O3S/c1-16-23(21,22)12-5-3-11(4-6-12)14-17-8-10-19(14)13-7-9-18(2)15(13)20/h3-6,8,10,13,16H,7,9H2,1-2H3/t13-/m1/s1. The first-order valence-corrected chi connectivity index (χ1v) is 8.74. The second-order valence-corrected chi connectivity index (χ2v) is 7.34. The van der Waals surface area contributed by atoms with Gasteiger partial charge in [0.1, 0.15) is 11.9 Å². The molecule has 0 aliphatic carbocycles. The van der Waals surface area contributed by atoms with Gasteiger partial charge in [-0.1, -0.05) is 0 Å². The number of carbonyl (C=O) groups excluding carboxylic acids is 1. The van der Waals surface area contributed by atoms with Crippen molar-refractivity contribution >= 4 is 15.9 Å². The molecule has 1 amide bonds. The number of nitrogens with one attached hydrogen (secondary N) is 1. The van der Waals surface area contributed by atoms with Crippen LogP contribution in [-0.4, -0.2) is 49.4 Å². The Morgan fingerprint density at radius 1 is 1.26 bits per heavy atom. The van der Waals surface area contributed by atoms with Gasteiger partial charge in [-0.15, -0.1) is 0 Å². The van der Waals surface area contributed by atoms with E-state index in [-0.39, 0.29) is 16.8 Å². The van der Waals surface area contributed by atoms with Gasteiger partial charge in [0.15, 0.2) is 0 Å². The fourth-order valence-corrected chi connectivity index (χ4v) is 3.48. The highest BCUT2D eigenvalue weighted by atomic mass is 32.2. The van der Waals surface area contributed by atoms with Gasteiger partial charge in [0.2, 0.25) is 15.9 Å². The molecule has 1 aliphatic heterocycles. The number of carbonyl (C=O) groups is 1. The van der Waals surface area contributed by atoms with Gasteiger partial charge in [0.25, 0.3) is 0 Å². The maximum atomic E-state index is 12.2. The smallest absolute Gasteiger partial charge is 0.245 e. The summed E-state index contributed by atoms with van der Waals surface area (Å²) in [7, 11) is -0.302. The summed E-state index contributed by atoms with van der Waals surface area (Å²) in [6, 6.07) is 6.21. The lowest BCUT2D eigenvalue weighted by atomic mass is 10.2. The molecule has 1 aromatic carbocycles. The lowest BCUT2D eigenvalue weighted by molar-refractivity contribution is -0.129. The van der Waals surface area contributed by atoms with Crippen LogP contribution in [0.2, 0.25) is 0 Å². The Balaban J connectivity index is 1.95. The van der Waals surface area contributed by atoms with E-state index in [9.17, 15) is 13.2 Å². The van der Waals surface area contributed by atoms with Crippen LogP contribution in [0.4, 0.5) is 0 Å². The number of aromatic nitrogens is 2. The highest BCUT2D eigenvalue weighted by Gasteiger charge is 2.31. The zero-order valence-electron chi connectivity index (χ0n) is 12.9. The Kier molecular flexibility index (Phi) is 3.95. The molecule has 0 unspecified atom stereocenters. The van der Waals surface area contributed by atoms with Crippen LogP contribution in [-0.2, 0) is 14.8 Å². The van der Waals surface area contributed by atoms with Crippen LogP contribution < -0.4 is 4.72 Å². The molecule has 1 aromatic heterocycles. The van der Waals surface area contributed by atoms with Crippen molar-refractivity contribution < 1.29 is 13.2 Å². The third-order valence-corrected chi connectivity index (χ3v) is 5.53. The SMILES string of the molecule is CNS(=O)(=O)c1ccc(-c2nccn2[C@@H]2CCN(C)C2=O)cc1. The van der Waals surface area contributed by atoms with Crippen LogP contribution in [0.15, 0.2) is 41.6 Å². The molecule has 0 spiro atoms. The monoisotopic (exact) mass is 334 g/mol. The highest BCUT2D eigenvalue weighted by molar-refractivity contribution is 7.89. The minimum Gasteiger partial charge on any atom is -0.344 e. The molecule has 2 heterocycles. The van der Waals surface area contributed by atoms with Crippen LogP contribution in [0.3, 0.4) is 0 Å². The summed E-state index contributed by atoms with van der Waals surface area (Å²) in [6.07, 6.45) is 4.18. The van der Waals surface area contributed by atoms with Gasteiger partial charge in [0, 0.05) is 31.5 Å². The Bertz CT molecular complexity index is 827. The molecule has 0 bridgehead atoms. The summed E-state index contributed by atoms with van der Waals surface area (Å²) in [5.41, 5.74) is 0.771. The predicted octanol–water partition coefficient (Wildman–Crippen LogP) is 0.861. The number of hydrogen-bond donors (Lipinski definition) is 1. The number of hydrogen-bond acceptors (Lipinski definition) is 4. The van der Waals surface area contributed by atoms with Gasteiger partial charge in [0.05, 0.1) is 4.90 Å². The summed E-state index contributed by atoms with van der Waals surface area (Å²) < 4.78 is 27.7. The Hall–Kier alpha value is -2.19. The molecule has 3 rings (SSSR count). The Morgan fingerprint density at radius 3 is 2.52 bits per heavy atom. The molecule has 1 saturated heterocycles. The average Bonchev–Trinajstić information content (AvgIpc) is 3.15. The lowest BCUT2D eigenvalue weighted by Gasteiger charge is -2.15. The first kappa shape index (κ1) is 15.7. The third-order valence-electron chi connectivity index (χ3n) is 4.10. The van der Waals surface area contributed by atoms with E-state index < -0.39 is 10.0 Å². The minimum atomic E-state index is -3.46. The number of sulfonamides is 1. The number of imidazole rings is 1. The van der Waals surface area contributed by atoms with E-state index in [1.54, 1.807) is 36.5 Å². The second kappa shape index (κ2) is 5.78. The summed E-state index contributed by atoms with van der Waals surface area (Å²) in [6.45, 7) is 0.723. The zero-order chi connectivity index (χ0) is 16.6. The maximum Gasteiger partial charge on any atom is 0.245 e. The number of amides is 1. The molecule has 7 nitrogen and oxygen atoms in total. The van der Waals surface area contributed by atoms with Crippen molar-refractivity contribution in [3.8, 4) is 11.4 Å². The maximum absolute atomic E-state index is 12.2. The van der Waals surface area contributed by atoms with Crippen LogP contribution in [0, 0.1) is 0 Å². The van der Waals surface area contributed by atoms with Gasteiger partial charge in [-0.25, -0.2) is 18.1 Å². The number of nitrogens with zero attached hydrogens (tertiary/aromatic N) is 3. The summed E-state index contributed by atoms with van der Waals surface area (Å²) in [5, 5.41) is 0. The fraction of sp³-hybridized carbons (Fsp3) is 0.333. The van der Waals surface area contributed by atoms with E-state index in [1.165, 1.54) is 19.2 Å². The molecule has 1 fully saturated rings. The zero-order valence-corrected chi connectivity index (χ0v) is 13.7. The molecule has 0 saturated carbocycles. The number of likely N-dealkylation sites (tertiary alicyclic amines) is 1. The van der Waals surface area contributed by atoms with Crippen molar-refractivity contribution in [3.63, 3.8) is 0 Å². The quantitative estimate of drug-likeness (QED) is 0.899. The molecule has 122 valence electrons. The van der Waals surface area contributed by atoms with Crippen LogP contribution in [0.1, 0.15) is 12.5 Å². The average molecular weight is 334 g/mol. The highest BCUT2D eigenvalue weighted by Crippen LogP contribution is 2.28. The minimum absolute atomic E-state index is 0.0682. The molecule has 1 N–H and O–H groups in total. The second-order valence-electron chi connectivity index (χ2n) is 5.45. The molecule has 8 heteroatoms.